The Balaban J connectivity index is 2.31. The summed E-state index contributed by atoms with van der Waals surface area (Å²) in [6.45, 7) is 1.18. The van der Waals surface area contributed by atoms with Crippen molar-refractivity contribution in [2.75, 3.05) is 39.2 Å². The van der Waals surface area contributed by atoms with Gasteiger partial charge in [-0.15, -0.1) is 0 Å². The molecule has 0 saturated carbocycles. The van der Waals surface area contributed by atoms with Crippen LogP contribution in [-0.4, -0.2) is 44.8 Å². The Hall–Kier alpha value is -1.82. The predicted molar refractivity (Wildman–Crippen MR) is 64.2 cm³/mol. The first-order chi connectivity index (χ1) is 8.26. The molecule has 6 heteroatoms. The van der Waals surface area contributed by atoms with Crippen LogP contribution in [0, 0.1) is 0 Å². The molecule has 0 unspecified atom stereocenters. The lowest BCUT2D eigenvalue weighted by molar-refractivity contribution is -0.119. The lowest BCUT2D eigenvalue weighted by atomic mass is 10.4. The number of rotatable bonds is 7. The summed E-state index contributed by atoms with van der Waals surface area (Å²) >= 11 is 0. The van der Waals surface area contributed by atoms with Crippen molar-refractivity contribution in [1.82, 2.24) is 10.3 Å². The van der Waals surface area contributed by atoms with Gasteiger partial charge in [0.05, 0.1) is 20.3 Å². The number of carbonyl (C=O) groups is 1. The third kappa shape index (κ3) is 5.17. The smallest absolute Gasteiger partial charge is 0.239 e. The van der Waals surface area contributed by atoms with E-state index in [-0.39, 0.29) is 12.5 Å². The first kappa shape index (κ1) is 13.2. The lowest BCUT2D eigenvalue weighted by Crippen LogP contribution is -2.32. The molecule has 1 heterocycles. The second-order valence-electron chi connectivity index (χ2n) is 3.26. The van der Waals surface area contributed by atoms with Crippen molar-refractivity contribution < 1.29 is 14.3 Å². The monoisotopic (exact) mass is 239 g/mol. The zero-order valence-corrected chi connectivity index (χ0v) is 10.0. The standard InChI is InChI=1S/C11H17N3O3/c1-16-7-6-12-10(15)8-13-9-4-3-5-11(14-9)17-2/h3-5H,6-8H2,1-2H3,(H,12,15)(H,13,14). The van der Waals surface area contributed by atoms with Gasteiger partial charge in [0.2, 0.25) is 11.8 Å². The van der Waals surface area contributed by atoms with Gasteiger partial charge in [-0.05, 0) is 6.07 Å². The topological polar surface area (TPSA) is 72.5 Å². The fourth-order valence-corrected chi connectivity index (χ4v) is 1.15. The van der Waals surface area contributed by atoms with Crippen LogP contribution >= 0.6 is 0 Å². The van der Waals surface area contributed by atoms with Gasteiger partial charge in [-0.3, -0.25) is 4.79 Å². The number of carbonyl (C=O) groups excluding carboxylic acids is 1. The van der Waals surface area contributed by atoms with Crippen molar-refractivity contribution in [3.63, 3.8) is 0 Å². The quantitative estimate of drug-likeness (QED) is 0.668. The van der Waals surface area contributed by atoms with E-state index in [2.05, 4.69) is 15.6 Å². The van der Waals surface area contributed by atoms with E-state index in [1.54, 1.807) is 32.4 Å². The number of pyridine rings is 1. The van der Waals surface area contributed by atoms with E-state index in [0.717, 1.165) is 0 Å². The minimum Gasteiger partial charge on any atom is -0.481 e. The van der Waals surface area contributed by atoms with Crippen molar-refractivity contribution in [3.8, 4) is 5.88 Å². The van der Waals surface area contributed by atoms with Gasteiger partial charge in [0.15, 0.2) is 0 Å². The summed E-state index contributed by atoms with van der Waals surface area (Å²) in [4.78, 5) is 15.5. The van der Waals surface area contributed by atoms with Gasteiger partial charge in [-0.25, -0.2) is 0 Å². The van der Waals surface area contributed by atoms with E-state index in [9.17, 15) is 4.79 Å². The average molecular weight is 239 g/mol. The Morgan fingerprint density at radius 3 is 2.94 bits per heavy atom. The summed E-state index contributed by atoms with van der Waals surface area (Å²) in [6, 6.07) is 5.31. The Morgan fingerprint density at radius 1 is 1.41 bits per heavy atom. The summed E-state index contributed by atoms with van der Waals surface area (Å²) in [5.74, 6) is 1.01. The molecule has 0 aliphatic heterocycles. The molecule has 1 rings (SSSR count). The van der Waals surface area contributed by atoms with Crippen molar-refractivity contribution in [1.29, 1.82) is 0 Å². The van der Waals surface area contributed by atoms with E-state index >= 15 is 0 Å². The van der Waals surface area contributed by atoms with E-state index < -0.39 is 0 Å². The van der Waals surface area contributed by atoms with Crippen LogP contribution in [0.15, 0.2) is 18.2 Å². The zero-order chi connectivity index (χ0) is 12.5. The van der Waals surface area contributed by atoms with E-state index in [1.165, 1.54) is 0 Å². The SMILES string of the molecule is COCCNC(=O)CNc1cccc(OC)n1. The maximum Gasteiger partial charge on any atom is 0.239 e. The molecule has 17 heavy (non-hydrogen) atoms. The van der Waals surface area contributed by atoms with Gasteiger partial charge in [0.1, 0.15) is 5.82 Å². The van der Waals surface area contributed by atoms with Gasteiger partial charge < -0.3 is 20.1 Å². The summed E-state index contributed by atoms with van der Waals surface area (Å²) in [6.07, 6.45) is 0. The molecule has 0 atom stereocenters. The van der Waals surface area contributed by atoms with Gasteiger partial charge in [0, 0.05) is 19.7 Å². The van der Waals surface area contributed by atoms with Crippen LogP contribution in [0.2, 0.25) is 0 Å². The third-order valence-electron chi connectivity index (χ3n) is 1.99. The highest BCUT2D eigenvalue weighted by Crippen LogP contribution is 2.09. The minimum absolute atomic E-state index is 0.105. The molecule has 0 aliphatic rings. The van der Waals surface area contributed by atoms with Crippen LogP contribution in [0.3, 0.4) is 0 Å². The molecule has 0 aliphatic carbocycles. The molecule has 94 valence electrons. The van der Waals surface area contributed by atoms with Crippen molar-refractivity contribution >= 4 is 11.7 Å². The molecule has 6 nitrogen and oxygen atoms in total. The van der Waals surface area contributed by atoms with Crippen LogP contribution in [0.25, 0.3) is 0 Å². The van der Waals surface area contributed by atoms with Crippen LogP contribution in [0.5, 0.6) is 5.88 Å². The highest BCUT2D eigenvalue weighted by molar-refractivity contribution is 5.80. The number of ether oxygens (including phenoxy) is 2. The second kappa shape index (κ2) is 7.45. The van der Waals surface area contributed by atoms with Crippen LogP contribution in [0.4, 0.5) is 5.82 Å². The highest BCUT2D eigenvalue weighted by atomic mass is 16.5. The number of methoxy groups -OCH3 is 2. The Kier molecular flexibility index (Phi) is 5.81. The van der Waals surface area contributed by atoms with Crippen molar-refractivity contribution in [3.05, 3.63) is 18.2 Å². The lowest BCUT2D eigenvalue weighted by Gasteiger charge is -2.07. The van der Waals surface area contributed by atoms with Crippen molar-refractivity contribution in [2.45, 2.75) is 0 Å². The first-order valence-corrected chi connectivity index (χ1v) is 5.27. The van der Waals surface area contributed by atoms with Gasteiger partial charge in [0.25, 0.3) is 0 Å². The van der Waals surface area contributed by atoms with Crippen LogP contribution in [0.1, 0.15) is 0 Å². The minimum atomic E-state index is -0.105. The summed E-state index contributed by atoms with van der Waals surface area (Å²) in [5.41, 5.74) is 0. The Bertz CT molecular complexity index is 358. The molecule has 0 bridgehead atoms. The molecule has 2 N–H and O–H groups in total. The summed E-state index contributed by atoms with van der Waals surface area (Å²) in [7, 11) is 3.13. The van der Waals surface area contributed by atoms with Crippen molar-refractivity contribution in [2.24, 2.45) is 0 Å². The number of nitrogens with one attached hydrogen (secondary N) is 2. The van der Waals surface area contributed by atoms with Crippen LogP contribution < -0.4 is 15.4 Å². The number of amides is 1. The number of hydrogen-bond donors (Lipinski definition) is 2. The maximum atomic E-state index is 11.4. The number of nitrogens with zero attached hydrogens (tertiary/aromatic N) is 1. The molecule has 0 radical (unpaired) electrons. The van der Waals surface area contributed by atoms with Gasteiger partial charge in [-0.2, -0.15) is 4.98 Å². The molecule has 0 saturated heterocycles. The fourth-order valence-electron chi connectivity index (χ4n) is 1.15. The molecule has 1 amide bonds. The maximum absolute atomic E-state index is 11.4. The summed E-state index contributed by atoms with van der Waals surface area (Å²) < 4.78 is 9.79. The molecule has 1 aromatic rings. The molecule has 1 aromatic heterocycles. The van der Waals surface area contributed by atoms with Crippen LogP contribution in [-0.2, 0) is 9.53 Å². The number of hydrogen-bond acceptors (Lipinski definition) is 5. The first-order valence-electron chi connectivity index (χ1n) is 5.27. The van der Waals surface area contributed by atoms with E-state index in [0.29, 0.717) is 24.8 Å². The van der Waals surface area contributed by atoms with Gasteiger partial charge in [-0.1, -0.05) is 6.07 Å². The molecular weight excluding hydrogens is 222 g/mol. The number of aromatic nitrogens is 1. The molecular formula is C11H17N3O3. The summed E-state index contributed by atoms with van der Waals surface area (Å²) in [5, 5.41) is 5.60. The average Bonchev–Trinajstić information content (AvgIpc) is 2.37. The van der Waals surface area contributed by atoms with E-state index in [4.69, 9.17) is 9.47 Å². The molecule has 0 spiro atoms. The fraction of sp³-hybridized carbons (Fsp3) is 0.455. The molecule has 0 aromatic carbocycles. The zero-order valence-electron chi connectivity index (χ0n) is 10.0. The Morgan fingerprint density at radius 2 is 2.24 bits per heavy atom. The highest BCUT2D eigenvalue weighted by Gasteiger charge is 2.01. The molecule has 0 fully saturated rings. The Labute approximate surface area is 100 Å². The van der Waals surface area contributed by atoms with Gasteiger partial charge >= 0.3 is 0 Å². The van der Waals surface area contributed by atoms with E-state index in [1.807, 2.05) is 0 Å². The predicted octanol–water partition coefficient (Wildman–Crippen LogP) is 0.265. The largest absolute Gasteiger partial charge is 0.481 e. The second-order valence-corrected chi connectivity index (χ2v) is 3.26. The normalized spacial score (nSPS) is 9.76. The number of anilines is 1. The third-order valence-corrected chi connectivity index (χ3v) is 1.99.